The Morgan fingerprint density at radius 3 is 2.84 bits per heavy atom. The maximum absolute atomic E-state index is 12.2. The van der Waals surface area contributed by atoms with Gasteiger partial charge < -0.3 is 10.1 Å². The second kappa shape index (κ2) is 6.41. The summed E-state index contributed by atoms with van der Waals surface area (Å²) in [6.45, 7) is 0.678. The number of fused-ring (bicyclic) bond motifs is 3. The largest absolute Gasteiger partial charge is 0.442 e. The molecule has 1 aliphatic carbocycles. The van der Waals surface area contributed by atoms with Crippen LogP contribution in [0, 0.1) is 0 Å². The minimum Gasteiger partial charge on any atom is -0.442 e. The number of benzene rings is 2. The zero-order valence-corrected chi connectivity index (χ0v) is 14.3. The minimum atomic E-state index is -0.388. The summed E-state index contributed by atoms with van der Waals surface area (Å²) in [5.74, 6) is -0.373. The standard InChI is InChI=1S/C19H17ClN2O3/c20-9-18(23)21-10-15-11-22(19(24)25-15)14-5-6-17-13(8-14)7-12-3-1-2-4-16(12)17/h1-6,8,15H,7,9-11H2,(H,21,23). The van der Waals surface area contributed by atoms with Gasteiger partial charge in [0.05, 0.1) is 13.1 Å². The van der Waals surface area contributed by atoms with Crippen molar-refractivity contribution in [3.8, 4) is 11.1 Å². The van der Waals surface area contributed by atoms with E-state index in [1.54, 1.807) is 4.90 Å². The molecule has 0 spiro atoms. The predicted molar refractivity (Wildman–Crippen MR) is 96.0 cm³/mol. The lowest BCUT2D eigenvalue weighted by Crippen LogP contribution is -2.35. The Bertz CT molecular complexity index is 852. The summed E-state index contributed by atoms with van der Waals surface area (Å²) in [6.07, 6.45) is 0.114. The number of nitrogens with one attached hydrogen (secondary N) is 1. The van der Waals surface area contributed by atoms with E-state index in [2.05, 4.69) is 29.6 Å². The summed E-state index contributed by atoms with van der Waals surface area (Å²) >= 11 is 5.45. The maximum atomic E-state index is 12.2. The van der Waals surface area contributed by atoms with Crippen LogP contribution < -0.4 is 10.2 Å². The average Bonchev–Trinajstić information content (AvgIpc) is 3.19. The number of hydrogen-bond acceptors (Lipinski definition) is 3. The van der Waals surface area contributed by atoms with Gasteiger partial charge in [0.2, 0.25) is 5.91 Å². The SMILES string of the molecule is O=C(CCl)NCC1CN(c2ccc3c(c2)Cc2ccccc2-3)C(=O)O1. The highest BCUT2D eigenvalue weighted by Gasteiger charge is 2.33. The van der Waals surface area contributed by atoms with Crippen LogP contribution in [0.2, 0.25) is 0 Å². The number of amides is 2. The molecule has 25 heavy (non-hydrogen) atoms. The Morgan fingerprint density at radius 1 is 1.20 bits per heavy atom. The van der Waals surface area contributed by atoms with Gasteiger partial charge in [-0.05, 0) is 40.8 Å². The van der Waals surface area contributed by atoms with Gasteiger partial charge >= 0.3 is 6.09 Å². The third kappa shape index (κ3) is 2.96. The fourth-order valence-electron chi connectivity index (χ4n) is 3.41. The van der Waals surface area contributed by atoms with Crippen LogP contribution in [0.4, 0.5) is 10.5 Å². The van der Waals surface area contributed by atoms with Crippen LogP contribution in [-0.2, 0) is 16.0 Å². The molecule has 1 aliphatic heterocycles. The van der Waals surface area contributed by atoms with Crippen LogP contribution in [-0.4, -0.2) is 37.1 Å². The van der Waals surface area contributed by atoms with Gasteiger partial charge in [0.1, 0.15) is 12.0 Å². The number of cyclic esters (lactones) is 1. The van der Waals surface area contributed by atoms with E-state index in [1.165, 1.54) is 22.3 Å². The summed E-state index contributed by atoms with van der Waals surface area (Å²) in [5, 5.41) is 2.65. The first-order valence-electron chi connectivity index (χ1n) is 8.17. The number of halogens is 1. The van der Waals surface area contributed by atoms with Crippen molar-refractivity contribution in [2.24, 2.45) is 0 Å². The predicted octanol–water partition coefficient (Wildman–Crippen LogP) is 2.94. The van der Waals surface area contributed by atoms with E-state index in [9.17, 15) is 9.59 Å². The monoisotopic (exact) mass is 356 g/mol. The highest BCUT2D eigenvalue weighted by atomic mass is 35.5. The first kappa shape index (κ1) is 16.0. The van der Waals surface area contributed by atoms with Gasteiger partial charge in [-0.15, -0.1) is 11.6 Å². The topological polar surface area (TPSA) is 58.6 Å². The quantitative estimate of drug-likeness (QED) is 0.731. The molecule has 2 aromatic rings. The highest BCUT2D eigenvalue weighted by Crippen LogP contribution is 2.38. The van der Waals surface area contributed by atoms with Crippen LogP contribution in [0.5, 0.6) is 0 Å². The molecule has 1 heterocycles. The second-order valence-electron chi connectivity index (χ2n) is 6.23. The maximum Gasteiger partial charge on any atom is 0.414 e. The van der Waals surface area contributed by atoms with Crippen molar-refractivity contribution in [2.45, 2.75) is 12.5 Å². The lowest BCUT2D eigenvalue weighted by molar-refractivity contribution is -0.119. The van der Waals surface area contributed by atoms with E-state index in [-0.39, 0.29) is 30.5 Å². The molecular weight excluding hydrogens is 340 g/mol. The van der Waals surface area contributed by atoms with Gasteiger partial charge in [0.15, 0.2) is 0 Å². The molecular formula is C19H17ClN2O3. The molecule has 2 aliphatic rings. The Labute approximate surface area is 150 Å². The van der Waals surface area contributed by atoms with Crippen LogP contribution in [0.25, 0.3) is 11.1 Å². The van der Waals surface area contributed by atoms with Gasteiger partial charge in [0.25, 0.3) is 0 Å². The Hall–Kier alpha value is -2.53. The third-order valence-electron chi connectivity index (χ3n) is 4.61. The molecule has 6 heteroatoms. The fraction of sp³-hybridized carbons (Fsp3) is 0.263. The van der Waals surface area contributed by atoms with E-state index in [1.807, 2.05) is 18.2 Å². The summed E-state index contributed by atoms with van der Waals surface area (Å²) < 4.78 is 5.33. The second-order valence-corrected chi connectivity index (χ2v) is 6.50. The number of ether oxygens (including phenoxy) is 1. The van der Waals surface area contributed by atoms with Crippen molar-refractivity contribution in [2.75, 3.05) is 23.9 Å². The molecule has 0 bridgehead atoms. The molecule has 1 saturated heterocycles. The number of anilines is 1. The molecule has 0 radical (unpaired) electrons. The summed E-state index contributed by atoms with van der Waals surface area (Å²) in [7, 11) is 0. The number of alkyl halides is 1. The van der Waals surface area contributed by atoms with E-state index in [0.29, 0.717) is 6.54 Å². The third-order valence-corrected chi connectivity index (χ3v) is 4.85. The molecule has 128 valence electrons. The molecule has 2 aromatic carbocycles. The number of rotatable bonds is 4. The van der Waals surface area contributed by atoms with Crippen LogP contribution in [0.3, 0.4) is 0 Å². The number of carbonyl (C=O) groups excluding carboxylic acids is 2. The molecule has 0 saturated carbocycles. The Balaban J connectivity index is 1.51. The van der Waals surface area contributed by atoms with Crippen molar-refractivity contribution < 1.29 is 14.3 Å². The highest BCUT2D eigenvalue weighted by molar-refractivity contribution is 6.27. The average molecular weight is 357 g/mol. The molecule has 2 amide bonds. The van der Waals surface area contributed by atoms with E-state index in [4.69, 9.17) is 16.3 Å². The molecule has 0 aromatic heterocycles. The van der Waals surface area contributed by atoms with E-state index in [0.717, 1.165) is 12.1 Å². The molecule has 1 unspecified atom stereocenters. The zero-order valence-electron chi connectivity index (χ0n) is 13.5. The zero-order chi connectivity index (χ0) is 17.4. The van der Waals surface area contributed by atoms with Crippen molar-refractivity contribution in [1.82, 2.24) is 5.32 Å². The minimum absolute atomic E-state index is 0.101. The summed E-state index contributed by atoms with van der Waals surface area (Å²) in [4.78, 5) is 25.0. The van der Waals surface area contributed by atoms with Crippen molar-refractivity contribution in [3.63, 3.8) is 0 Å². The lowest BCUT2D eigenvalue weighted by Gasteiger charge is -2.14. The Morgan fingerprint density at radius 2 is 2.00 bits per heavy atom. The van der Waals surface area contributed by atoms with Crippen LogP contribution in [0.15, 0.2) is 42.5 Å². The van der Waals surface area contributed by atoms with Crippen molar-refractivity contribution >= 4 is 29.3 Å². The number of hydrogen-bond donors (Lipinski definition) is 1. The van der Waals surface area contributed by atoms with Gasteiger partial charge in [0, 0.05) is 5.69 Å². The number of carbonyl (C=O) groups is 2. The van der Waals surface area contributed by atoms with Crippen molar-refractivity contribution in [3.05, 3.63) is 53.6 Å². The first-order valence-corrected chi connectivity index (χ1v) is 8.71. The van der Waals surface area contributed by atoms with Crippen LogP contribution >= 0.6 is 11.6 Å². The molecule has 1 N–H and O–H groups in total. The normalized spacial score (nSPS) is 17.9. The smallest absolute Gasteiger partial charge is 0.414 e. The molecule has 5 nitrogen and oxygen atoms in total. The van der Waals surface area contributed by atoms with E-state index < -0.39 is 0 Å². The Kier molecular flexibility index (Phi) is 4.09. The molecule has 1 atom stereocenters. The summed E-state index contributed by atoms with van der Waals surface area (Å²) in [5.41, 5.74) is 5.82. The lowest BCUT2D eigenvalue weighted by atomic mass is 10.1. The van der Waals surface area contributed by atoms with Gasteiger partial charge in [-0.2, -0.15) is 0 Å². The fourth-order valence-corrected chi connectivity index (χ4v) is 3.51. The molecule has 1 fully saturated rings. The van der Waals surface area contributed by atoms with Gasteiger partial charge in [-0.25, -0.2) is 4.79 Å². The summed E-state index contributed by atoms with van der Waals surface area (Å²) in [6, 6.07) is 14.4. The van der Waals surface area contributed by atoms with Crippen LogP contribution in [0.1, 0.15) is 11.1 Å². The van der Waals surface area contributed by atoms with Gasteiger partial charge in [-0.3, -0.25) is 9.69 Å². The first-order chi connectivity index (χ1) is 12.2. The molecule has 4 rings (SSSR count). The van der Waals surface area contributed by atoms with E-state index >= 15 is 0 Å². The van der Waals surface area contributed by atoms with Crippen molar-refractivity contribution in [1.29, 1.82) is 0 Å². The van der Waals surface area contributed by atoms with Gasteiger partial charge in [-0.1, -0.05) is 30.3 Å². The number of nitrogens with zero attached hydrogens (tertiary/aromatic N) is 1.